The minimum atomic E-state index is -1.37. The zero-order valence-corrected chi connectivity index (χ0v) is 9.52. The highest BCUT2D eigenvalue weighted by molar-refractivity contribution is 5.97. The van der Waals surface area contributed by atoms with Crippen LogP contribution >= 0.6 is 0 Å². The van der Waals surface area contributed by atoms with E-state index in [9.17, 15) is 19.7 Å². The summed E-state index contributed by atoms with van der Waals surface area (Å²) in [5, 5.41) is 27.6. The van der Waals surface area contributed by atoms with Crippen LogP contribution in [0.1, 0.15) is 5.56 Å². The maximum absolute atomic E-state index is 10.7. The SMILES string of the molecule is O=C(O)/C=C(/C=C/c1ccc([N+](=O)[O-])cc1)C(=O)O. The Morgan fingerprint density at radius 3 is 2.16 bits per heavy atom. The van der Waals surface area contributed by atoms with Crippen LogP contribution < -0.4 is 0 Å². The fraction of sp³-hybridized carbons (Fsp3) is 0. The Morgan fingerprint density at radius 2 is 1.74 bits per heavy atom. The highest BCUT2D eigenvalue weighted by Gasteiger charge is 2.06. The number of nitro benzene ring substituents is 1. The first-order valence-corrected chi connectivity index (χ1v) is 5.00. The summed E-state index contributed by atoms with van der Waals surface area (Å²) >= 11 is 0. The molecule has 0 amide bonds. The minimum Gasteiger partial charge on any atom is -0.478 e. The number of carboxylic acid groups (broad SMARTS) is 2. The summed E-state index contributed by atoms with van der Waals surface area (Å²) in [7, 11) is 0. The molecule has 0 aromatic heterocycles. The maximum Gasteiger partial charge on any atom is 0.335 e. The van der Waals surface area contributed by atoms with Gasteiger partial charge < -0.3 is 10.2 Å². The van der Waals surface area contributed by atoms with Gasteiger partial charge in [-0.15, -0.1) is 0 Å². The third kappa shape index (κ3) is 4.43. The van der Waals surface area contributed by atoms with Crippen molar-refractivity contribution in [2.24, 2.45) is 0 Å². The Morgan fingerprint density at radius 1 is 1.16 bits per heavy atom. The lowest BCUT2D eigenvalue weighted by Crippen LogP contribution is -2.01. The number of carboxylic acids is 2. The summed E-state index contributed by atoms with van der Waals surface area (Å²) in [6.45, 7) is 0. The molecule has 1 aromatic rings. The third-order valence-electron chi connectivity index (χ3n) is 2.09. The minimum absolute atomic E-state index is 0.0864. The van der Waals surface area contributed by atoms with Crippen LogP contribution in [0.15, 0.2) is 42.0 Å². The normalized spacial score (nSPS) is 11.5. The summed E-state index contributed by atoms with van der Waals surface area (Å²) < 4.78 is 0. The topological polar surface area (TPSA) is 118 Å². The predicted octanol–water partition coefficient (Wildman–Crippen LogP) is 1.70. The van der Waals surface area contributed by atoms with Crippen molar-refractivity contribution in [1.82, 2.24) is 0 Å². The molecular formula is C12H9NO6. The lowest BCUT2D eigenvalue weighted by molar-refractivity contribution is -0.384. The van der Waals surface area contributed by atoms with Gasteiger partial charge in [0.25, 0.3) is 5.69 Å². The van der Waals surface area contributed by atoms with E-state index in [0.717, 1.165) is 6.08 Å². The average Bonchev–Trinajstić information content (AvgIpc) is 2.34. The van der Waals surface area contributed by atoms with E-state index >= 15 is 0 Å². The van der Waals surface area contributed by atoms with E-state index in [4.69, 9.17) is 10.2 Å². The molecule has 0 bridgehead atoms. The number of non-ortho nitro benzene ring substituents is 1. The number of aliphatic carboxylic acids is 2. The van der Waals surface area contributed by atoms with Crippen LogP contribution in [0.2, 0.25) is 0 Å². The largest absolute Gasteiger partial charge is 0.478 e. The second-order valence-electron chi connectivity index (χ2n) is 3.43. The first kappa shape index (κ1) is 14.1. The van der Waals surface area contributed by atoms with Gasteiger partial charge >= 0.3 is 11.9 Å². The van der Waals surface area contributed by atoms with E-state index in [2.05, 4.69) is 0 Å². The number of nitrogens with zero attached hydrogens (tertiary/aromatic N) is 1. The van der Waals surface area contributed by atoms with Crippen molar-refractivity contribution < 1.29 is 24.7 Å². The van der Waals surface area contributed by atoms with Gasteiger partial charge in [-0.05, 0) is 23.8 Å². The number of nitro groups is 1. The van der Waals surface area contributed by atoms with Gasteiger partial charge in [0.1, 0.15) is 0 Å². The molecule has 0 fully saturated rings. The Bertz CT molecular complexity index is 570. The van der Waals surface area contributed by atoms with E-state index in [1.165, 1.54) is 30.3 Å². The standard InChI is InChI=1S/C12H9NO6/c14-11(15)7-9(12(16)17)4-1-8-2-5-10(6-3-8)13(18)19/h1-7H,(H,14,15)(H,16,17)/b4-1+,9-7-. The van der Waals surface area contributed by atoms with Gasteiger partial charge in [-0.3, -0.25) is 10.1 Å². The van der Waals surface area contributed by atoms with Crippen LogP contribution in [0.5, 0.6) is 0 Å². The fourth-order valence-corrected chi connectivity index (χ4v) is 1.21. The van der Waals surface area contributed by atoms with Gasteiger partial charge in [0.05, 0.1) is 10.5 Å². The van der Waals surface area contributed by atoms with Gasteiger partial charge in [0.2, 0.25) is 0 Å². The number of hydrogen-bond donors (Lipinski definition) is 2. The molecule has 0 saturated carbocycles. The summed E-state index contributed by atoms with van der Waals surface area (Å²) in [6.07, 6.45) is 3.02. The Labute approximate surface area is 107 Å². The molecule has 0 spiro atoms. The molecule has 0 unspecified atom stereocenters. The van der Waals surface area contributed by atoms with Crippen LogP contribution in [-0.2, 0) is 9.59 Å². The molecule has 7 nitrogen and oxygen atoms in total. The van der Waals surface area contributed by atoms with E-state index in [1.54, 1.807) is 0 Å². The molecule has 1 aromatic carbocycles. The lowest BCUT2D eigenvalue weighted by Gasteiger charge is -1.95. The summed E-state index contributed by atoms with van der Waals surface area (Å²) in [5.74, 6) is -2.74. The molecule has 0 aliphatic rings. The highest BCUT2D eigenvalue weighted by atomic mass is 16.6. The quantitative estimate of drug-likeness (QED) is 0.361. The van der Waals surface area contributed by atoms with Gasteiger partial charge in [-0.2, -0.15) is 0 Å². The molecule has 0 aliphatic heterocycles. The van der Waals surface area contributed by atoms with Crippen LogP contribution in [-0.4, -0.2) is 27.1 Å². The number of rotatable bonds is 5. The fourth-order valence-electron chi connectivity index (χ4n) is 1.21. The average molecular weight is 263 g/mol. The smallest absolute Gasteiger partial charge is 0.335 e. The zero-order valence-electron chi connectivity index (χ0n) is 9.52. The summed E-state index contributed by atoms with van der Waals surface area (Å²) in [6, 6.07) is 5.38. The number of hydrogen-bond acceptors (Lipinski definition) is 4. The maximum atomic E-state index is 10.7. The number of benzene rings is 1. The van der Waals surface area contributed by atoms with Crippen molar-refractivity contribution in [2.75, 3.05) is 0 Å². The molecular weight excluding hydrogens is 254 g/mol. The molecule has 0 aliphatic carbocycles. The molecule has 98 valence electrons. The van der Waals surface area contributed by atoms with Crippen molar-refractivity contribution in [2.45, 2.75) is 0 Å². The first-order chi connectivity index (χ1) is 8.90. The van der Waals surface area contributed by atoms with Crippen LogP contribution in [0.4, 0.5) is 5.69 Å². The Balaban J connectivity index is 2.94. The molecule has 0 radical (unpaired) electrons. The molecule has 1 rings (SSSR count). The van der Waals surface area contributed by atoms with Crippen LogP contribution in [0.3, 0.4) is 0 Å². The molecule has 0 heterocycles. The Hall–Kier alpha value is -2.96. The van der Waals surface area contributed by atoms with Gasteiger partial charge in [0, 0.05) is 18.2 Å². The van der Waals surface area contributed by atoms with E-state index < -0.39 is 22.4 Å². The van der Waals surface area contributed by atoms with Crippen LogP contribution in [0, 0.1) is 10.1 Å². The van der Waals surface area contributed by atoms with E-state index in [-0.39, 0.29) is 5.69 Å². The molecule has 0 saturated heterocycles. The van der Waals surface area contributed by atoms with Crippen molar-refractivity contribution in [1.29, 1.82) is 0 Å². The summed E-state index contributed by atoms with van der Waals surface area (Å²) in [4.78, 5) is 31.0. The molecule has 19 heavy (non-hydrogen) atoms. The monoisotopic (exact) mass is 263 g/mol. The van der Waals surface area contributed by atoms with Gasteiger partial charge in [-0.25, -0.2) is 9.59 Å². The zero-order chi connectivity index (χ0) is 14.4. The molecule has 7 heteroatoms. The lowest BCUT2D eigenvalue weighted by atomic mass is 10.1. The molecule has 2 N–H and O–H groups in total. The second-order valence-corrected chi connectivity index (χ2v) is 3.43. The third-order valence-corrected chi connectivity index (χ3v) is 2.09. The van der Waals surface area contributed by atoms with Crippen molar-refractivity contribution in [3.8, 4) is 0 Å². The predicted molar refractivity (Wildman–Crippen MR) is 65.5 cm³/mol. The van der Waals surface area contributed by atoms with Crippen LogP contribution in [0.25, 0.3) is 6.08 Å². The van der Waals surface area contributed by atoms with Crippen molar-refractivity contribution in [3.05, 3.63) is 57.7 Å². The molecule has 0 atom stereocenters. The van der Waals surface area contributed by atoms with Crippen molar-refractivity contribution in [3.63, 3.8) is 0 Å². The van der Waals surface area contributed by atoms with Crippen molar-refractivity contribution >= 4 is 23.7 Å². The van der Waals surface area contributed by atoms with E-state index in [1.807, 2.05) is 0 Å². The van der Waals surface area contributed by atoms with Gasteiger partial charge in [-0.1, -0.05) is 6.08 Å². The first-order valence-electron chi connectivity index (χ1n) is 5.00. The number of carbonyl (C=O) groups is 2. The Kier molecular flexibility index (Phi) is 4.53. The summed E-state index contributed by atoms with van der Waals surface area (Å²) in [5.41, 5.74) is 0.0330. The highest BCUT2D eigenvalue weighted by Crippen LogP contribution is 2.13. The van der Waals surface area contributed by atoms with E-state index in [0.29, 0.717) is 11.6 Å². The van der Waals surface area contributed by atoms with Gasteiger partial charge in [0.15, 0.2) is 0 Å². The second kappa shape index (κ2) is 6.10.